The van der Waals surface area contributed by atoms with E-state index in [1.54, 1.807) is 0 Å². The Hall–Kier alpha value is -4.62. The van der Waals surface area contributed by atoms with Crippen LogP contribution in [0.1, 0.15) is 37.8 Å². The fraction of sp³-hybridized carbons (Fsp3) is 0.128. The fourth-order valence-electron chi connectivity index (χ4n) is 6.63. The highest BCUT2D eigenvalue weighted by atomic mass is 15.2. The molecule has 0 saturated heterocycles. The zero-order valence-corrected chi connectivity index (χ0v) is 23.1. The third-order valence-corrected chi connectivity index (χ3v) is 8.54. The van der Waals surface area contributed by atoms with E-state index in [-0.39, 0.29) is 5.41 Å². The van der Waals surface area contributed by atoms with Crippen LogP contribution in [0.5, 0.6) is 0 Å². The van der Waals surface area contributed by atoms with Gasteiger partial charge >= 0.3 is 0 Å². The Morgan fingerprint density at radius 3 is 1.55 bits per heavy atom. The second-order valence-corrected chi connectivity index (χ2v) is 11.3. The normalized spacial score (nSPS) is 15.3. The lowest BCUT2D eigenvalue weighted by Crippen LogP contribution is -2.26. The van der Waals surface area contributed by atoms with Gasteiger partial charge in [0, 0.05) is 22.5 Å². The van der Waals surface area contributed by atoms with Crippen LogP contribution in [0.2, 0.25) is 0 Å². The number of allylic oxidation sites excluding steroid dienone is 4. The highest BCUT2D eigenvalue weighted by Gasteiger charge is 2.42. The van der Waals surface area contributed by atoms with Gasteiger partial charge in [-0.25, -0.2) is 0 Å². The molecule has 0 atom stereocenters. The summed E-state index contributed by atoms with van der Waals surface area (Å²) in [5.74, 6) is 0. The monoisotopic (exact) mass is 515 g/mol. The van der Waals surface area contributed by atoms with Crippen molar-refractivity contribution in [1.29, 1.82) is 0 Å². The molecule has 0 unspecified atom stereocenters. The van der Waals surface area contributed by atoms with Gasteiger partial charge in [-0.2, -0.15) is 0 Å². The van der Waals surface area contributed by atoms with Gasteiger partial charge in [0.25, 0.3) is 0 Å². The topological polar surface area (TPSA) is 3.24 Å². The van der Waals surface area contributed by atoms with Crippen LogP contribution in [0.3, 0.4) is 0 Å². The van der Waals surface area contributed by atoms with Crippen LogP contribution in [0.4, 0.5) is 11.4 Å². The second kappa shape index (κ2) is 9.84. The largest absolute Gasteiger partial charge is 0.314 e. The first kappa shape index (κ1) is 24.4. The van der Waals surface area contributed by atoms with Gasteiger partial charge in [-0.05, 0) is 81.6 Å². The van der Waals surface area contributed by atoms with E-state index in [0.717, 1.165) is 12.8 Å². The molecule has 2 aliphatic rings. The molecule has 1 nitrogen and oxygen atoms in total. The minimum atomic E-state index is -0.0651. The van der Waals surface area contributed by atoms with E-state index in [2.05, 4.69) is 158 Å². The summed E-state index contributed by atoms with van der Waals surface area (Å²) in [6.07, 6.45) is 4.51. The zero-order chi connectivity index (χ0) is 27.1. The molecular formula is C39H33N. The number of fused-ring (bicyclic) bond motifs is 3. The van der Waals surface area contributed by atoms with Crippen molar-refractivity contribution in [3.05, 3.63) is 162 Å². The Kier molecular flexibility index (Phi) is 6.01. The van der Waals surface area contributed by atoms with E-state index >= 15 is 0 Å². The average Bonchev–Trinajstić information content (AvgIpc) is 3.26. The van der Waals surface area contributed by atoms with Gasteiger partial charge < -0.3 is 4.90 Å². The molecule has 0 bridgehead atoms. The minimum Gasteiger partial charge on any atom is -0.314 e. The number of nitrogens with zero attached hydrogens (tertiary/aromatic N) is 1. The molecule has 0 fully saturated rings. The van der Waals surface area contributed by atoms with Crippen LogP contribution in [-0.2, 0) is 5.41 Å². The molecule has 7 rings (SSSR count). The first-order chi connectivity index (χ1) is 19.6. The molecule has 0 aromatic heterocycles. The van der Waals surface area contributed by atoms with Crippen molar-refractivity contribution >= 4 is 16.9 Å². The van der Waals surface area contributed by atoms with E-state index in [0.29, 0.717) is 0 Å². The van der Waals surface area contributed by atoms with Crippen molar-refractivity contribution in [1.82, 2.24) is 0 Å². The summed E-state index contributed by atoms with van der Waals surface area (Å²) >= 11 is 0. The quantitative estimate of drug-likeness (QED) is 0.225. The molecule has 0 heterocycles. The Balaban J connectivity index is 1.38. The van der Waals surface area contributed by atoms with Crippen molar-refractivity contribution in [2.75, 3.05) is 4.90 Å². The molecule has 0 aliphatic heterocycles. The summed E-state index contributed by atoms with van der Waals surface area (Å²) in [7, 11) is 0. The van der Waals surface area contributed by atoms with Crippen LogP contribution in [0.15, 0.2) is 151 Å². The Labute approximate surface area is 237 Å². The van der Waals surface area contributed by atoms with Crippen LogP contribution in [0.25, 0.3) is 27.8 Å². The Bertz CT molecular complexity index is 1640. The Morgan fingerprint density at radius 1 is 0.525 bits per heavy atom. The minimum absolute atomic E-state index is 0.0651. The summed E-state index contributed by atoms with van der Waals surface area (Å²) in [5, 5.41) is 0. The second-order valence-electron chi connectivity index (χ2n) is 11.3. The van der Waals surface area contributed by atoms with Gasteiger partial charge in [0.1, 0.15) is 0 Å². The number of hydrogen-bond acceptors (Lipinski definition) is 1. The smallest absolute Gasteiger partial charge is 0.0458 e. The molecule has 1 heteroatoms. The van der Waals surface area contributed by atoms with Gasteiger partial charge in [-0.15, -0.1) is 0 Å². The molecule has 0 spiro atoms. The highest BCUT2D eigenvalue weighted by Crippen LogP contribution is 2.54. The van der Waals surface area contributed by atoms with Gasteiger partial charge in [-0.3, -0.25) is 0 Å². The van der Waals surface area contributed by atoms with Crippen molar-refractivity contribution in [2.24, 2.45) is 0 Å². The van der Waals surface area contributed by atoms with Gasteiger partial charge in [0.05, 0.1) is 0 Å². The predicted molar refractivity (Wildman–Crippen MR) is 170 cm³/mol. The van der Waals surface area contributed by atoms with Gasteiger partial charge in [0.2, 0.25) is 0 Å². The molecule has 40 heavy (non-hydrogen) atoms. The number of hydrogen-bond donors (Lipinski definition) is 0. The molecule has 0 radical (unpaired) electrons. The molecular weight excluding hydrogens is 482 g/mol. The van der Waals surface area contributed by atoms with Gasteiger partial charge in [0.15, 0.2) is 0 Å². The summed E-state index contributed by atoms with van der Waals surface area (Å²) < 4.78 is 0. The van der Waals surface area contributed by atoms with Crippen LogP contribution >= 0.6 is 0 Å². The lowest BCUT2D eigenvalue weighted by molar-refractivity contribution is 0.642. The van der Waals surface area contributed by atoms with E-state index in [1.807, 2.05) is 0 Å². The lowest BCUT2D eigenvalue weighted by Gasteiger charge is -2.35. The van der Waals surface area contributed by atoms with Crippen molar-refractivity contribution in [3.63, 3.8) is 0 Å². The maximum atomic E-state index is 2.51. The van der Waals surface area contributed by atoms with Crippen molar-refractivity contribution in [2.45, 2.75) is 32.1 Å². The summed E-state index contributed by atoms with van der Waals surface area (Å²) in [6.45, 7) is 4.78. The van der Waals surface area contributed by atoms with Crippen molar-refractivity contribution < 1.29 is 0 Å². The third kappa shape index (κ3) is 4.10. The van der Waals surface area contributed by atoms with Crippen LogP contribution in [0, 0.1) is 0 Å². The van der Waals surface area contributed by atoms with Crippen LogP contribution < -0.4 is 4.90 Å². The summed E-state index contributed by atoms with van der Waals surface area (Å²) in [5.41, 5.74) is 14.4. The Morgan fingerprint density at radius 2 is 1.00 bits per heavy atom. The molecule has 0 amide bonds. The fourth-order valence-corrected chi connectivity index (χ4v) is 6.63. The first-order valence-electron chi connectivity index (χ1n) is 14.3. The maximum Gasteiger partial charge on any atom is 0.0458 e. The number of anilines is 2. The molecule has 194 valence electrons. The molecule has 2 aliphatic carbocycles. The van der Waals surface area contributed by atoms with Crippen LogP contribution in [-0.4, -0.2) is 0 Å². The maximum absolute atomic E-state index is 2.51. The van der Waals surface area contributed by atoms with Gasteiger partial charge in [-0.1, -0.05) is 129 Å². The summed E-state index contributed by atoms with van der Waals surface area (Å²) in [6, 6.07) is 48.4. The predicted octanol–water partition coefficient (Wildman–Crippen LogP) is 10.6. The summed E-state index contributed by atoms with van der Waals surface area (Å²) in [4.78, 5) is 2.51. The average molecular weight is 516 g/mol. The number of benzene rings is 5. The lowest BCUT2D eigenvalue weighted by atomic mass is 9.78. The highest BCUT2D eigenvalue weighted by molar-refractivity contribution is 5.93. The molecule has 5 aromatic rings. The first-order valence-corrected chi connectivity index (χ1v) is 14.3. The van der Waals surface area contributed by atoms with E-state index < -0.39 is 0 Å². The standard InChI is InChI=1S/C39H33N/c1-39(2)36-18-10-9-16-34(36)35-17-11-19-37(38(35)39)40(32-24-20-30(21-25-32)28-12-5-3-6-13-28)33-26-22-31(23-27-33)29-14-7-4-8-15-29/h3-10,12-18,20-27H,11,19H2,1-2H3. The van der Waals surface area contributed by atoms with E-state index in [1.165, 1.54) is 61.6 Å². The number of rotatable bonds is 5. The van der Waals surface area contributed by atoms with E-state index in [4.69, 9.17) is 0 Å². The zero-order valence-electron chi connectivity index (χ0n) is 23.1. The molecule has 0 saturated carbocycles. The molecule has 5 aromatic carbocycles. The SMILES string of the molecule is CC1(C)C2=C(N(c3ccc(-c4ccccc4)cc3)c3ccc(-c4ccccc4)cc3)CCC=C2c2ccccc21. The molecule has 0 N–H and O–H groups in total. The van der Waals surface area contributed by atoms with E-state index in [9.17, 15) is 0 Å². The van der Waals surface area contributed by atoms with Crippen molar-refractivity contribution in [3.8, 4) is 22.3 Å². The third-order valence-electron chi connectivity index (χ3n) is 8.54.